The number of ether oxygens (including phenoxy) is 6. The summed E-state index contributed by atoms with van der Waals surface area (Å²) < 4.78 is 33.6. The highest BCUT2D eigenvalue weighted by atomic mass is 16.7. The first-order chi connectivity index (χ1) is 16.6. The fourth-order valence-electron chi connectivity index (χ4n) is 4.20. The lowest BCUT2D eigenvalue weighted by Gasteiger charge is -2.25. The number of rotatable bonds is 6. The lowest BCUT2D eigenvalue weighted by atomic mass is 9.82. The Morgan fingerprint density at radius 1 is 1.15 bits per heavy atom. The molecule has 0 fully saturated rings. The highest BCUT2D eigenvalue weighted by molar-refractivity contribution is 5.73. The molecule has 1 atom stereocenters. The standard InChI is InChI=1S/C24H22N4O6/c1-4-31-22-17(29-2)8-13(9-18(22)30-3)19-14(10-25)23(26)34-24-20(19)21(27-28-24)12-5-6-15-16(7-12)33-11-32-15/h5-9,19H,4,11,26H2,1-3H3,(H,27,28)/t19-/m0/s1. The number of aromatic amines is 1. The fraction of sp³-hybridized carbons (Fsp3) is 0.250. The van der Waals surface area contributed by atoms with Gasteiger partial charge >= 0.3 is 0 Å². The predicted molar refractivity (Wildman–Crippen MR) is 120 cm³/mol. The van der Waals surface area contributed by atoms with Crippen molar-refractivity contribution in [2.75, 3.05) is 27.6 Å². The SMILES string of the molecule is CCOc1c(OC)cc([C@H]2C(C#N)=C(N)Oc3n[nH]c(-c4ccc5c(c4)OCO5)c32)cc1OC. The summed E-state index contributed by atoms with van der Waals surface area (Å²) in [5.41, 5.74) is 9.16. The third kappa shape index (κ3) is 3.29. The third-order valence-electron chi connectivity index (χ3n) is 5.71. The van der Waals surface area contributed by atoms with E-state index in [0.29, 0.717) is 52.2 Å². The normalized spacial score (nSPS) is 15.9. The van der Waals surface area contributed by atoms with E-state index in [1.54, 1.807) is 26.4 Å². The van der Waals surface area contributed by atoms with E-state index < -0.39 is 5.92 Å². The highest BCUT2D eigenvalue weighted by Crippen LogP contribution is 2.50. The number of aromatic nitrogens is 2. The molecule has 10 heteroatoms. The molecule has 2 aliphatic heterocycles. The average molecular weight is 462 g/mol. The van der Waals surface area contributed by atoms with Crippen LogP contribution in [0.15, 0.2) is 41.8 Å². The number of benzene rings is 2. The van der Waals surface area contributed by atoms with Gasteiger partial charge in [-0.2, -0.15) is 5.26 Å². The van der Waals surface area contributed by atoms with Crippen molar-refractivity contribution in [2.24, 2.45) is 5.73 Å². The van der Waals surface area contributed by atoms with Gasteiger partial charge in [0.1, 0.15) is 11.6 Å². The lowest BCUT2D eigenvalue weighted by molar-refractivity contribution is 0.174. The number of nitriles is 1. The molecule has 2 aromatic carbocycles. The van der Waals surface area contributed by atoms with E-state index in [2.05, 4.69) is 16.3 Å². The Hall–Kier alpha value is -4.52. The topological polar surface area (TPSA) is 134 Å². The number of fused-ring (bicyclic) bond motifs is 2. The van der Waals surface area contributed by atoms with Crippen LogP contribution in [-0.4, -0.2) is 37.8 Å². The number of nitrogens with two attached hydrogens (primary N) is 1. The molecule has 0 spiro atoms. The first-order valence-corrected chi connectivity index (χ1v) is 10.5. The van der Waals surface area contributed by atoms with Gasteiger partial charge in [-0.05, 0) is 42.8 Å². The molecule has 3 N–H and O–H groups in total. The number of H-pyrrole nitrogens is 1. The first-order valence-electron chi connectivity index (χ1n) is 10.5. The Balaban J connectivity index is 1.71. The van der Waals surface area contributed by atoms with Gasteiger partial charge in [0.15, 0.2) is 23.0 Å². The molecule has 0 amide bonds. The molecule has 3 aromatic rings. The fourth-order valence-corrected chi connectivity index (χ4v) is 4.20. The number of allylic oxidation sites excluding steroid dienone is 1. The van der Waals surface area contributed by atoms with Crippen molar-refractivity contribution in [1.29, 1.82) is 5.26 Å². The van der Waals surface area contributed by atoms with Crippen molar-refractivity contribution < 1.29 is 28.4 Å². The lowest BCUT2D eigenvalue weighted by Crippen LogP contribution is -2.21. The van der Waals surface area contributed by atoms with Crippen molar-refractivity contribution in [3.63, 3.8) is 0 Å². The van der Waals surface area contributed by atoms with E-state index in [1.807, 2.05) is 25.1 Å². The molecule has 0 saturated carbocycles. The summed E-state index contributed by atoms with van der Waals surface area (Å²) in [6.45, 7) is 2.47. The van der Waals surface area contributed by atoms with Gasteiger partial charge in [0, 0.05) is 5.56 Å². The van der Waals surface area contributed by atoms with Gasteiger partial charge in [-0.1, -0.05) is 0 Å². The van der Waals surface area contributed by atoms with Gasteiger partial charge in [-0.15, -0.1) is 5.10 Å². The van der Waals surface area contributed by atoms with Crippen molar-refractivity contribution in [1.82, 2.24) is 10.2 Å². The quantitative estimate of drug-likeness (QED) is 0.565. The van der Waals surface area contributed by atoms with Crippen LogP contribution in [0.1, 0.15) is 24.0 Å². The summed E-state index contributed by atoms with van der Waals surface area (Å²) >= 11 is 0. The van der Waals surface area contributed by atoms with Crippen LogP contribution in [0.4, 0.5) is 0 Å². The predicted octanol–water partition coefficient (Wildman–Crippen LogP) is 3.44. The van der Waals surface area contributed by atoms with Crippen molar-refractivity contribution in [2.45, 2.75) is 12.8 Å². The number of hydrogen-bond acceptors (Lipinski definition) is 9. The summed E-state index contributed by atoms with van der Waals surface area (Å²) in [6.07, 6.45) is 0. The van der Waals surface area contributed by atoms with Crippen molar-refractivity contribution in [3.8, 4) is 52.0 Å². The number of hydrogen-bond donors (Lipinski definition) is 2. The Morgan fingerprint density at radius 2 is 1.88 bits per heavy atom. The highest BCUT2D eigenvalue weighted by Gasteiger charge is 2.37. The summed E-state index contributed by atoms with van der Waals surface area (Å²) in [6, 6.07) is 11.3. The van der Waals surface area contributed by atoms with Crippen molar-refractivity contribution in [3.05, 3.63) is 52.9 Å². The van der Waals surface area contributed by atoms with E-state index in [4.69, 9.17) is 34.2 Å². The van der Waals surface area contributed by atoms with Gasteiger partial charge in [0.2, 0.25) is 24.3 Å². The molecular formula is C24H22N4O6. The molecule has 0 radical (unpaired) electrons. The Kier molecular flexibility index (Phi) is 5.30. The maximum absolute atomic E-state index is 10.0. The van der Waals surface area contributed by atoms with Crippen LogP contribution in [0.2, 0.25) is 0 Å². The minimum atomic E-state index is -0.605. The Labute approximate surface area is 195 Å². The van der Waals surface area contributed by atoms with Crippen LogP contribution in [0, 0.1) is 11.3 Å². The van der Waals surface area contributed by atoms with E-state index >= 15 is 0 Å². The van der Waals surface area contributed by atoms with Crippen LogP contribution in [0.3, 0.4) is 0 Å². The molecule has 2 aliphatic rings. The zero-order valence-corrected chi connectivity index (χ0v) is 18.8. The molecule has 0 unspecified atom stereocenters. The molecular weight excluding hydrogens is 440 g/mol. The van der Waals surface area contributed by atoms with Crippen LogP contribution < -0.4 is 34.2 Å². The molecule has 34 heavy (non-hydrogen) atoms. The Morgan fingerprint density at radius 3 is 2.56 bits per heavy atom. The van der Waals surface area contributed by atoms with Crippen molar-refractivity contribution >= 4 is 0 Å². The van der Waals surface area contributed by atoms with E-state index in [-0.39, 0.29) is 24.1 Å². The number of nitrogens with zero attached hydrogens (tertiary/aromatic N) is 2. The van der Waals surface area contributed by atoms with E-state index in [9.17, 15) is 5.26 Å². The number of methoxy groups -OCH3 is 2. The molecule has 3 heterocycles. The van der Waals surface area contributed by atoms with E-state index in [1.165, 1.54) is 0 Å². The largest absolute Gasteiger partial charge is 0.493 e. The number of nitrogens with one attached hydrogen (secondary N) is 1. The van der Waals surface area contributed by atoms with Crippen LogP contribution in [0.5, 0.6) is 34.6 Å². The average Bonchev–Trinajstić information content (AvgIpc) is 3.49. The Bertz CT molecular complexity index is 1310. The third-order valence-corrected chi connectivity index (χ3v) is 5.71. The van der Waals surface area contributed by atoms with Gasteiger partial charge < -0.3 is 34.2 Å². The molecule has 0 saturated heterocycles. The van der Waals surface area contributed by atoms with Gasteiger partial charge in [0.05, 0.1) is 38.0 Å². The molecule has 5 rings (SSSR count). The first kappa shape index (κ1) is 21.3. The van der Waals surface area contributed by atoms with Crippen LogP contribution in [0.25, 0.3) is 11.3 Å². The summed E-state index contributed by atoms with van der Waals surface area (Å²) in [7, 11) is 3.09. The minimum Gasteiger partial charge on any atom is -0.493 e. The molecule has 0 aliphatic carbocycles. The second-order valence-electron chi connectivity index (χ2n) is 7.50. The zero-order valence-electron chi connectivity index (χ0n) is 18.8. The summed E-state index contributed by atoms with van der Waals surface area (Å²) in [5, 5.41) is 17.4. The smallest absolute Gasteiger partial charge is 0.244 e. The van der Waals surface area contributed by atoms with E-state index in [0.717, 1.165) is 5.56 Å². The second-order valence-corrected chi connectivity index (χ2v) is 7.50. The maximum Gasteiger partial charge on any atom is 0.244 e. The molecule has 0 bridgehead atoms. The minimum absolute atomic E-state index is 0.0180. The van der Waals surface area contributed by atoms with Crippen LogP contribution in [-0.2, 0) is 0 Å². The summed E-state index contributed by atoms with van der Waals surface area (Å²) in [5.74, 6) is 2.34. The van der Waals surface area contributed by atoms with Gasteiger partial charge in [-0.3, -0.25) is 5.10 Å². The zero-order chi connectivity index (χ0) is 23.8. The maximum atomic E-state index is 10.0. The monoisotopic (exact) mass is 462 g/mol. The molecule has 174 valence electrons. The van der Waals surface area contributed by atoms with Crippen LogP contribution >= 0.6 is 0 Å². The molecule has 1 aromatic heterocycles. The van der Waals surface area contributed by atoms with Gasteiger partial charge in [0.25, 0.3) is 0 Å². The van der Waals surface area contributed by atoms with Gasteiger partial charge in [-0.25, -0.2) is 0 Å². The summed E-state index contributed by atoms with van der Waals surface area (Å²) in [4.78, 5) is 0. The molecule has 10 nitrogen and oxygen atoms in total. The second kappa shape index (κ2) is 8.44.